The van der Waals surface area contributed by atoms with Crippen LogP contribution in [0.15, 0.2) is 59.1 Å². The number of carbonyl (C=O) groups is 2. The average molecular weight is 802 g/mol. The molecule has 2 aliphatic carbocycles. The van der Waals surface area contributed by atoms with Gasteiger partial charge in [0.2, 0.25) is 5.88 Å². The molecule has 1 N–H and O–H groups in total. The van der Waals surface area contributed by atoms with Crippen molar-refractivity contribution in [1.82, 2.24) is 14.5 Å². The van der Waals surface area contributed by atoms with Gasteiger partial charge in [0.05, 0.1) is 37.4 Å². The second kappa shape index (κ2) is 15.8. The lowest BCUT2D eigenvalue weighted by Gasteiger charge is -2.46. The highest BCUT2D eigenvalue weighted by atomic mass is 35.5. The van der Waals surface area contributed by atoms with E-state index in [-0.39, 0.29) is 34.3 Å². The van der Waals surface area contributed by atoms with E-state index < -0.39 is 52.2 Å². The summed E-state index contributed by atoms with van der Waals surface area (Å²) in [7, 11) is 0.512. The van der Waals surface area contributed by atoms with Crippen LogP contribution >= 0.6 is 11.6 Å². The van der Waals surface area contributed by atoms with Gasteiger partial charge in [0.1, 0.15) is 21.2 Å². The molecule has 1 aromatic heterocycles. The van der Waals surface area contributed by atoms with Gasteiger partial charge in [0, 0.05) is 55.4 Å². The minimum Gasteiger partial charge on any atom is -0.490 e. The molecule has 3 heterocycles. The Bertz CT molecular complexity index is 2110. The zero-order valence-electron chi connectivity index (χ0n) is 31.2. The van der Waals surface area contributed by atoms with Crippen LogP contribution in [-0.4, -0.2) is 84.3 Å². The van der Waals surface area contributed by atoms with Gasteiger partial charge in [-0.2, -0.15) is 8.78 Å². The predicted molar refractivity (Wildman–Crippen MR) is 203 cm³/mol. The number of halogens is 3. The topological polar surface area (TPSA) is 134 Å². The van der Waals surface area contributed by atoms with E-state index in [1.165, 1.54) is 35.2 Å². The zero-order valence-corrected chi connectivity index (χ0v) is 32.8. The second-order valence-corrected chi connectivity index (χ2v) is 17.5. The Hall–Kier alpha value is -4.05. The van der Waals surface area contributed by atoms with Crippen LogP contribution in [0.25, 0.3) is 0 Å². The van der Waals surface area contributed by atoms with Crippen molar-refractivity contribution in [2.45, 2.75) is 63.3 Å². The fraction of sp³-hybridized carbons (Fsp3) is 0.513. The maximum atomic E-state index is 14.8. The third kappa shape index (κ3) is 8.12. The van der Waals surface area contributed by atoms with Gasteiger partial charge < -0.3 is 23.8 Å². The van der Waals surface area contributed by atoms with Crippen molar-refractivity contribution in [3.05, 3.63) is 82.0 Å². The summed E-state index contributed by atoms with van der Waals surface area (Å²) in [6.07, 6.45) is 7.47. The molecular weight excluding hydrogens is 756 g/mol. The fourth-order valence-corrected chi connectivity index (χ4v) is 10.7. The summed E-state index contributed by atoms with van der Waals surface area (Å²) in [5, 5.41) is 4.77. The first-order valence-corrected chi connectivity index (χ1v) is 20.5. The van der Waals surface area contributed by atoms with Gasteiger partial charge in [0.25, 0.3) is 11.8 Å². The Balaban J connectivity index is 1.34. The third-order valence-electron chi connectivity index (χ3n) is 11.4. The lowest BCUT2D eigenvalue weighted by molar-refractivity contribution is -0.159. The highest BCUT2D eigenvalue weighted by Gasteiger charge is 2.44. The largest absolute Gasteiger partial charge is 0.490 e. The summed E-state index contributed by atoms with van der Waals surface area (Å²) in [6.45, 7) is 0.0274. The van der Waals surface area contributed by atoms with Gasteiger partial charge in [-0.25, -0.2) is 4.21 Å². The number of alkyl halides is 2. The maximum absolute atomic E-state index is 14.8. The summed E-state index contributed by atoms with van der Waals surface area (Å²) >= 11 is 6.44. The number of aryl methyl sites for hydroxylation is 2. The number of benzene rings is 2. The number of ether oxygens (including phenoxy) is 4. The smallest absolute Gasteiger partial charge is 0.345 e. The van der Waals surface area contributed by atoms with E-state index in [9.17, 15) is 22.6 Å². The van der Waals surface area contributed by atoms with Crippen molar-refractivity contribution in [3.63, 3.8) is 0 Å². The number of amides is 2. The number of methoxy groups -OCH3 is 2. The van der Waals surface area contributed by atoms with Crippen molar-refractivity contribution < 1.29 is 41.5 Å². The van der Waals surface area contributed by atoms with E-state index in [1.807, 2.05) is 12.1 Å². The number of anilines is 1. The van der Waals surface area contributed by atoms with E-state index in [2.05, 4.69) is 25.1 Å². The molecule has 2 aromatic carbocycles. The summed E-state index contributed by atoms with van der Waals surface area (Å²) in [5.41, 5.74) is 2.80. The molecule has 12 nitrogen and oxygen atoms in total. The summed E-state index contributed by atoms with van der Waals surface area (Å²) in [5.74, 6) is -2.32. The molecule has 296 valence electrons. The molecule has 7 atom stereocenters. The van der Waals surface area contributed by atoms with Crippen LogP contribution in [0.5, 0.6) is 11.6 Å². The summed E-state index contributed by atoms with van der Waals surface area (Å²) < 4.78 is 73.2. The van der Waals surface area contributed by atoms with Crippen molar-refractivity contribution >= 4 is 39.0 Å². The molecule has 1 spiro atoms. The summed E-state index contributed by atoms with van der Waals surface area (Å²) in [4.78, 5) is 30.0. The molecule has 3 aromatic rings. The molecule has 0 radical (unpaired) electrons. The number of aromatic nitrogens is 2. The Morgan fingerprint density at radius 3 is 2.67 bits per heavy atom. The van der Waals surface area contributed by atoms with Crippen LogP contribution in [0, 0.1) is 17.8 Å². The SMILES string of the molecule is COc1nn(C)cc1C(=O)N[S@@]1(=O)=NC(=O)c2ccc3c(c2)N(C[C@@H]2CC[C@H]2[C@@H](OC)/C=C/[C@H](OC(F)F)[C@H](C)C1)C[C@@]1(CCCc2cc(Cl)ccc21)CO3. The summed E-state index contributed by atoms with van der Waals surface area (Å²) in [6, 6.07) is 11.1. The Labute approximate surface area is 324 Å². The number of hydrogen-bond donors (Lipinski definition) is 1. The molecule has 0 unspecified atom stereocenters. The van der Waals surface area contributed by atoms with E-state index >= 15 is 0 Å². The van der Waals surface area contributed by atoms with Crippen LogP contribution in [-0.2, 0) is 38.3 Å². The molecule has 2 aliphatic heterocycles. The number of nitrogens with zero attached hydrogens (tertiary/aromatic N) is 4. The number of carbonyl (C=O) groups excluding carboxylic acids is 2. The molecule has 4 aliphatic rings. The Morgan fingerprint density at radius 1 is 1.15 bits per heavy atom. The average Bonchev–Trinajstić information content (AvgIpc) is 3.45. The quantitative estimate of drug-likeness (QED) is 0.283. The second-order valence-electron chi connectivity index (χ2n) is 15.1. The molecule has 16 heteroatoms. The Kier molecular flexibility index (Phi) is 11.3. The van der Waals surface area contributed by atoms with Crippen LogP contribution < -0.4 is 19.1 Å². The van der Waals surface area contributed by atoms with Crippen LogP contribution in [0.3, 0.4) is 0 Å². The van der Waals surface area contributed by atoms with E-state index in [4.69, 9.17) is 30.5 Å². The lowest BCUT2D eigenvalue weighted by Crippen LogP contribution is -2.49. The van der Waals surface area contributed by atoms with Crippen molar-refractivity contribution in [2.75, 3.05) is 44.6 Å². The lowest BCUT2D eigenvalue weighted by atomic mass is 9.68. The number of hydrogen-bond acceptors (Lipinski definition) is 9. The number of nitrogens with one attached hydrogen (secondary N) is 1. The van der Waals surface area contributed by atoms with Gasteiger partial charge in [-0.1, -0.05) is 36.7 Å². The molecular formula is C39H46ClF2N5O7S. The standard InChI is InChI=1S/C39H46ClF2N5O7S/c1-23-20-55(50,45-36(49)29-19-46(2)43-37(29)52-4)44-35(48)25-8-12-34-31(17-25)47(18-26-7-10-28(26)33(51-3)14-13-32(23)54-38(41)42)21-39(22-53-34)15-5-6-24-16-27(40)9-11-30(24)39/h8-9,11-14,16-17,19,23,26,28,32-33,38H,5-7,10,15,18,20-22H2,1-4H3,(H,44,45,48,49,50)/b14-13+/t23-,26+,28-,32+,33+,39+,55+/m1/s1. The van der Waals surface area contributed by atoms with Gasteiger partial charge in [0.15, 0.2) is 0 Å². The molecule has 55 heavy (non-hydrogen) atoms. The van der Waals surface area contributed by atoms with E-state index in [1.54, 1.807) is 45.4 Å². The van der Waals surface area contributed by atoms with E-state index in [0.29, 0.717) is 36.2 Å². The van der Waals surface area contributed by atoms with Gasteiger partial charge in [-0.15, -0.1) is 9.46 Å². The van der Waals surface area contributed by atoms with E-state index in [0.717, 1.165) is 32.1 Å². The number of fused-ring (bicyclic) bond motifs is 4. The van der Waals surface area contributed by atoms with Crippen LogP contribution in [0.1, 0.15) is 64.4 Å². The van der Waals surface area contributed by atoms with Crippen molar-refractivity contribution in [3.8, 4) is 11.6 Å². The third-order valence-corrected chi connectivity index (χ3v) is 13.6. The molecule has 1 fully saturated rings. The molecule has 1 saturated carbocycles. The maximum Gasteiger partial charge on any atom is 0.345 e. The minimum atomic E-state index is -3.99. The number of rotatable bonds is 6. The Morgan fingerprint density at radius 2 is 1.95 bits per heavy atom. The molecule has 2 amide bonds. The highest BCUT2D eigenvalue weighted by Crippen LogP contribution is 2.47. The fourth-order valence-electron chi connectivity index (χ4n) is 8.60. The van der Waals surface area contributed by atoms with Crippen LogP contribution in [0.4, 0.5) is 14.5 Å². The van der Waals surface area contributed by atoms with Crippen molar-refractivity contribution in [1.29, 1.82) is 0 Å². The first-order chi connectivity index (χ1) is 26.3. The molecule has 7 rings (SSSR count). The highest BCUT2D eigenvalue weighted by molar-refractivity contribution is 7.92. The van der Waals surface area contributed by atoms with Gasteiger partial charge >= 0.3 is 6.61 Å². The van der Waals surface area contributed by atoms with Crippen LogP contribution in [0.2, 0.25) is 5.02 Å². The van der Waals surface area contributed by atoms with Crippen molar-refractivity contribution in [2.24, 2.45) is 29.2 Å². The normalized spacial score (nSPS) is 29.9. The van der Waals surface area contributed by atoms with Gasteiger partial charge in [-0.3, -0.25) is 19.0 Å². The molecule has 2 bridgehead atoms. The predicted octanol–water partition coefficient (Wildman–Crippen LogP) is 6.36. The molecule has 0 saturated heterocycles. The first kappa shape index (κ1) is 39.2. The zero-order chi connectivity index (χ0) is 39.1. The first-order valence-electron chi connectivity index (χ1n) is 18.4. The van der Waals surface area contributed by atoms with Gasteiger partial charge in [-0.05, 0) is 85.4 Å². The minimum absolute atomic E-state index is 0.0374. The monoisotopic (exact) mass is 801 g/mol.